The van der Waals surface area contributed by atoms with Crippen LogP contribution in [0.3, 0.4) is 0 Å². The number of anilines is 1. The number of methoxy groups -OCH3 is 1. The highest BCUT2D eigenvalue weighted by Crippen LogP contribution is 2.61. The quantitative estimate of drug-likeness (QED) is 0.315. The van der Waals surface area contributed by atoms with Gasteiger partial charge in [-0.3, -0.25) is 15.0 Å². The van der Waals surface area contributed by atoms with Gasteiger partial charge in [0.1, 0.15) is 6.04 Å². The molecule has 0 saturated carbocycles. The van der Waals surface area contributed by atoms with E-state index in [0.717, 1.165) is 64.7 Å². The average Bonchev–Trinajstić information content (AvgIpc) is 3.56. The van der Waals surface area contributed by atoms with Crippen LogP contribution >= 0.6 is 0 Å². The van der Waals surface area contributed by atoms with Crippen molar-refractivity contribution in [2.45, 2.75) is 112 Å². The van der Waals surface area contributed by atoms with Crippen molar-refractivity contribution in [3.05, 3.63) is 65.8 Å². The number of para-hydroxylation sites is 1. The van der Waals surface area contributed by atoms with E-state index >= 15 is 0 Å². The normalized spacial score (nSPS) is 44.1. The van der Waals surface area contributed by atoms with E-state index in [1.807, 2.05) is 0 Å². The highest BCUT2D eigenvalue weighted by molar-refractivity contribution is 5.77. The molecule has 6 heterocycles. The largest absolute Gasteiger partial charge is 0.468 e. The minimum atomic E-state index is -0.949. The van der Waals surface area contributed by atoms with Crippen molar-refractivity contribution in [3.63, 3.8) is 0 Å². The van der Waals surface area contributed by atoms with Crippen molar-refractivity contribution in [3.8, 4) is 0 Å². The molecular weight excluding hydrogens is 560 g/mol. The minimum absolute atomic E-state index is 0.0466. The summed E-state index contributed by atoms with van der Waals surface area (Å²) >= 11 is 0. The van der Waals surface area contributed by atoms with Crippen LogP contribution < -0.4 is 10.6 Å². The van der Waals surface area contributed by atoms with Gasteiger partial charge in [-0.05, 0) is 113 Å². The van der Waals surface area contributed by atoms with Crippen LogP contribution in [0, 0.1) is 11.3 Å². The third-order valence-corrected chi connectivity index (χ3v) is 12.7. The fourth-order valence-electron chi connectivity index (χ4n) is 11.0. The Morgan fingerprint density at radius 1 is 1.02 bits per heavy atom. The fraction of sp³-hybridized carbons (Fsp3) is 0.658. The van der Waals surface area contributed by atoms with Crippen molar-refractivity contribution < 1.29 is 14.6 Å². The number of carbonyl (C=O) groups excluding carboxylic acids is 1. The molecule has 7 aliphatic rings. The summed E-state index contributed by atoms with van der Waals surface area (Å²) in [6.07, 6.45) is 23.6. The molecule has 3 saturated heterocycles. The van der Waals surface area contributed by atoms with Gasteiger partial charge in [0.25, 0.3) is 0 Å². The van der Waals surface area contributed by atoms with Crippen LogP contribution in [0.1, 0.15) is 82.1 Å². The molecule has 0 amide bonds. The van der Waals surface area contributed by atoms with E-state index in [0.29, 0.717) is 18.4 Å². The third kappa shape index (κ3) is 5.04. The number of piperidine rings is 2. The van der Waals surface area contributed by atoms with Crippen LogP contribution in [0.5, 0.6) is 0 Å². The smallest absolute Gasteiger partial charge is 0.322 e. The number of nitrogens with one attached hydrogen (secondary N) is 2. The van der Waals surface area contributed by atoms with Gasteiger partial charge in [0, 0.05) is 29.6 Å². The van der Waals surface area contributed by atoms with Gasteiger partial charge in [-0.25, -0.2) is 0 Å². The van der Waals surface area contributed by atoms with Crippen LogP contribution in [-0.4, -0.2) is 90.0 Å². The molecule has 1 aromatic carbocycles. The Morgan fingerprint density at radius 2 is 1.84 bits per heavy atom. The summed E-state index contributed by atoms with van der Waals surface area (Å²) in [5.41, 5.74) is 2.83. The minimum Gasteiger partial charge on any atom is -0.468 e. The maximum absolute atomic E-state index is 13.3. The maximum atomic E-state index is 13.3. The molecular formula is C38H52N4O3. The van der Waals surface area contributed by atoms with Crippen LogP contribution in [0.25, 0.3) is 0 Å². The zero-order valence-electron chi connectivity index (χ0n) is 27.0. The number of carbonyl (C=O) groups is 1. The molecule has 45 heavy (non-hydrogen) atoms. The van der Waals surface area contributed by atoms with Crippen LogP contribution in [0.4, 0.5) is 5.69 Å². The molecule has 7 heteroatoms. The van der Waals surface area contributed by atoms with E-state index in [1.165, 1.54) is 49.6 Å². The van der Waals surface area contributed by atoms with Crippen molar-refractivity contribution in [1.29, 1.82) is 0 Å². The lowest BCUT2D eigenvalue weighted by molar-refractivity contribution is -0.144. The lowest BCUT2D eigenvalue weighted by Gasteiger charge is -2.60. The Morgan fingerprint density at radius 3 is 2.73 bits per heavy atom. The Balaban J connectivity index is 1.27. The first-order valence-corrected chi connectivity index (χ1v) is 17.9. The van der Waals surface area contributed by atoms with Gasteiger partial charge in [-0.2, -0.15) is 0 Å². The lowest BCUT2D eigenvalue weighted by atomic mass is 9.53. The zero-order valence-corrected chi connectivity index (χ0v) is 27.0. The number of ether oxygens (including phenoxy) is 1. The predicted octanol–water partition coefficient (Wildman–Crippen LogP) is 5.15. The van der Waals surface area contributed by atoms with Gasteiger partial charge in [-0.15, -0.1) is 0 Å². The third-order valence-electron chi connectivity index (χ3n) is 12.7. The Bertz CT molecular complexity index is 1370. The first-order chi connectivity index (χ1) is 22.0. The standard InChI is InChI=1S/C38H52N4O3/c1-45-35(43)32-22-28-27-15-9-10-16-31(27)39-33(28)34(40-32)29-24-38(44)18-11-5-2-3-6-12-19-41-21-17-30(29)37(25-41)23-26-14-8-4-7-13-20-42(26)36(37)38/h2,5,8-10,14-16,24,26,28,30,32-34,36,39-40,44H,3-4,6-7,11-13,17-23,25H2,1H3/b5-2-,14-8-/t26-,28?,30?,32?,33?,34?,36+,37-,38-/m0/s1. The highest BCUT2D eigenvalue weighted by Gasteiger charge is 2.66. The molecule has 8 rings (SSSR count). The molecule has 1 aromatic rings. The average molecular weight is 613 g/mol. The molecule has 6 aliphatic heterocycles. The van der Waals surface area contributed by atoms with Crippen molar-refractivity contribution in [1.82, 2.24) is 15.1 Å². The number of nitrogens with zero attached hydrogens (tertiary/aromatic N) is 2. The van der Waals surface area contributed by atoms with Crippen LogP contribution in [0.2, 0.25) is 0 Å². The lowest BCUT2D eigenvalue weighted by Crippen LogP contribution is -2.68. The molecule has 0 aromatic heterocycles. The van der Waals surface area contributed by atoms with E-state index in [-0.39, 0.29) is 41.5 Å². The Hall–Kier alpha value is -2.45. The monoisotopic (exact) mass is 612 g/mol. The molecule has 7 nitrogen and oxygen atoms in total. The highest BCUT2D eigenvalue weighted by atomic mass is 16.5. The molecule has 1 spiro atoms. The molecule has 3 N–H and O–H groups in total. The first-order valence-electron chi connectivity index (χ1n) is 17.9. The van der Waals surface area contributed by atoms with E-state index in [2.05, 4.69) is 75.1 Å². The van der Waals surface area contributed by atoms with Gasteiger partial charge in [0.2, 0.25) is 0 Å². The summed E-state index contributed by atoms with van der Waals surface area (Å²) in [5.74, 6) is 0.374. The van der Waals surface area contributed by atoms with Crippen molar-refractivity contribution in [2.24, 2.45) is 11.3 Å². The van der Waals surface area contributed by atoms with Crippen molar-refractivity contribution >= 4 is 11.7 Å². The van der Waals surface area contributed by atoms with Gasteiger partial charge >= 0.3 is 5.97 Å². The molecule has 242 valence electrons. The molecule has 10 atom stereocenters. The summed E-state index contributed by atoms with van der Waals surface area (Å²) < 4.78 is 5.36. The van der Waals surface area contributed by atoms with E-state index in [4.69, 9.17) is 4.74 Å². The van der Waals surface area contributed by atoms with E-state index in [1.54, 1.807) is 0 Å². The number of benzene rings is 1. The van der Waals surface area contributed by atoms with Crippen molar-refractivity contribution in [2.75, 3.05) is 38.6 Å². The van der Waals surface area contributed by atoms with Crippen LogP contribution in [0.15, 0.2) is 60.2 Å². The molecule has 3 fully saturated rings. The second-order valence-electron chi connectivity index (χ2n) is 15.1. The molecule has 0 radical (unpaired) electrons. The number of esters is 1. The van der Waals surface area contributed by atoms with Crippen LogP contribution in [-0.2, 0) is 9.53 Å². The first kappa shape index (κ1) is 29.9. The fourth-order valence-corrected chi connectivity index (χ4v) is 11.0. The summed E-state index contributed by atoms with van der Waals surface area (Å²) in [7, 11) is 1.51. The number of fused-ring (bicyclic) bond motifs is 5. The molecule has 3 bridgehead atoms. The summed E-state index contributed by atoms with van der Waals surface area (Å²) in [6, 6.07) is 8.77. The number of hydrogen-bond donors (Lipinski definition) is 3. The number of rotatable bonds is 2. The number of hydrogen-bond acceptors (Lipinski definition) is 7. The summed E-state index contributed by atoms with van der Waals surface area (Å²) in [4.78, 5) is 18.7. The summed E-state index contributed by atoms with van der Waals surface area (Å²) in [6.45, 7) is 4.34. The topological polar surface area (TPSA) is 77.1 Å². The summed E-state index contributed by atoms with van der Waals surface area (Å²) in [5, 5.41) is 21.0. The predicted molar refractivity (Wildman–Crippen MR) is 178 cm³/mol. The van der Waals surface area contributed by atoms with Gasteiger partial charge < -0.3 is 20.1 Å². The molecule has 1 aliphatic carbocycles. The number of aliphatic hydroxyl groups is 1. The second-order valence-corrected chi connectivity index (χ2v) is 15.1. The SMILES string of the molecule is COC(=O)C1CC2c3ccccc3NC2C(C2=C[C@@]3(O)CC/C=C\CCCCN4CCC2[C@]2(C[C@@H]5/C=C\CCCCN5[C@H]23)C4)N1. The Labute approximate surface area is 269 Å². The van der Waals surface area contributed by atoms with E-state index in [9.17, 15) is 9.90 Å². The molecule has 6 unspecified atom stereocenters. The zero-order chi connectivity index (χ0) is 30.6. The second kappa shape index (κ2) is 12.0. The van der Waals surface area contributed by atoms with E-state index < -0.39 is 5.60 Å². The maximum Gasteiger partial charge on any atom is 0.322 e. The number of allylic oxidation sites excluding steroid dienone is 3. The van der Waals surface area contributed by atoms with Gasteiger partial charge in [0.15, 0.2) is 0 Å². The Kier molecular flexibility index (Phi) is 7.96. The van der Waals surface area contributed by atoms with Gasteiger partial charge in [0.05, 0.1) is 30.8 Å². The van der Waals surface area contributed by atoms with Gasteiger partial charge in [-0.1, -0.05) is 48.6 Å².